The van der Waals surface area contributed by atoms with E-state index in [1.165, 1.54) is 5.56 Å². The van der Waals surface area contributed by atoms with Crippen LogP contribution in [0.5, 0.6) is 5.75 Å². The maximum Gasteiger partial charge on any atom is 0.253 e. The van der Waals surface area contributed by atoms with Crippen molar-refractivity contribution in [2.45, 2.75) is 11.8 Å². The van der Waals surface area contributed by atoms with Crippen molar-refractivity contribution in [1.82, 2.24) is 9.80 Å². The van der Waals surface area contributed by atoms with Crippen LogP contribution in [0.3, 0.4) is 0 Å². The third kappa shape index (κ3) is 4.83. The maximum absolute atomic E-state index is 12.6. The molecule has 1 heterocycles. The van der Waals surface area contributed by atoms with E-state index in [1.807, 2.05) is 23.1 Å². The van der Waals surface area contributed by atoms with Crippen LogP contribution >= 0.6 is 11.8 Å². The molecule has 0 aliphatic carbocycles. The summed E-state index contributed by atoms with van der Waals surface area (Å²) in [5.41, 5.74) is 1.83. The lowest BCUT2D eigenvalue weighted by atomic mass is 10.1. The Labute approximate surface area is 164 Å². The number of hydrogen-bond donors (Lipinski definition) is 0. The van der Waals surface area contributed by atoms with Crippen LogP contribution < -0.4 is 4.74 Å². The molecule has 1 fully saturated rings. The number of hydrogen-bond acceptors (Lipinski definition) is 4. The molecule has 0 atom stereocenters. The van der Waals surface area contributed by atoms with Crippen molar-refractivity contribution in [3.8, 4) is 5.75 Å². The number of ether oxygens (including phenoxy) is 1. The van der Waals surface area contributed by atoms with E-state index in [2.05, 4.69) is 13.0 Å². The van der Waals surface area contributed by atoms with Crippen molar-refractivity contribution < 1.29 is 14.3 Å². The van der Waals surface area contributed by atoms with Gasteiger partial charge in [-0.1, -0.05) is 18.2 Å². The Balaban J connectivity index is 1.49. The van der Waals surface area contributed by atoms with Crippen LogP contribution in [-0.2, 0) is 4.79 Å². The molecule has 1 aliphatic heterocycles. The summed E-state index contributed by atoms with van der Waals surface area (Å²) in [5, 5.41) is 0. The van der Waals surface area contributed by atoms with E-state index in [1.54, 1.807) is 48.0 Å². The van der Waals surface area contributed by atoms with Gasteiger partial charge in [-0.3, -0.25) is 9.59 Å². The number of methoxy groups -OCH3 is 1. The van der Waals surface area contributed by atoms with E-state index in [-0.39, 0.29) is 11.8 Å². The zero-order valence-corrected chi connectivity index (χ0v) is 16.5. The first-order valence-electron chi connectivity index (χ1n) is 8.98. The van der Waals surface area contributed by atoms with E-state index in [0.717, 1.165) is 10.6 Å². The molecule has 0 unspecified atom stereocenters. The molecule has 1 saturated heterocycles. The number of aryl methyl sites for hydroxylation is 1. The van der Waals surface area contributed by atoms with Crippen molar-refractivity contribution in [2.24, 2.45) is 0 Å². The molecule has 0 N–H and O–H groups in total. The fourth-order valence-corrected chi connectivity index (χ4v) is 3.96. The number of nitrogens with zero attached hydrogens (tertiary/aromatic N) is 2. The monoisotopic (exact) mass is 384 g/mol. The van der Waals surface area contributed by atoms with Crippen molar-refractivity contribution in [3.63, 3.8) is 0 Å². The molecule has 0 aromatic heterocycles. The highest BCUT2D eigenvalue weighted by molar-refractivity contribution is 8.00. The fraction of sp³-hybridized carbons (Fsp3) is 0.333. The molecule has 2 aromatic carbocycles. The zero-order chi connectivity index (χ0) is 19.2. The summed E-state index contributed by atoms with van der Waals surface area (Å²) in [6, 6.07) is 15.2. The van der Waals surface area contributed by atoms with Crippen molar-refractivity contribution >= 4 is 23.6 Å². The van der Waals surface area contributed by atoms with E-state index >= 15 is 0 Å². The zero-order valence-electron chi connectivity index (χ0n) is 15.7. The minimum Gasteiger partial charge on any atom is -0.497 e. The Hall–Kier alpha value is -2.47. The van der Waals surface area contributed by atoms with Crippen molar-refractivity contribution in [3.05, 3.63) is 59.7 Å². The lowest BCUT2D eigenvalue weighted by Crippen LogP contribution is -2.51. The van der Waals surface area contributed by atoms with Gasteiger partial charge in [0.2, 0.25) is 5.91 Å². The molecule has 0 bridgehead atoms. The molecule has 5 nitrogen and oxygen atoms in total. The summed E-state index contributed by atoms with van der Waals surface area (Å²) >= 11 is 1.57. The second-order valence-electron chi connectivity index (χ2n) is 6.46. The number of carbonyl (C=O) groups is 2. The molecule has 2 amide bonds. The third-order valence-corrected chi connectivity index (χ3v) is 5.86. The summed E-state index contributed by atoms with van der Waals surface area (Å²) in [7, 11) is 1.60. The number of carbonyl (C=O) groups excluding carboxylic acids is 2. The number of piperazine rings is 1. The van der Waals surface area contributed by atoms with Crippen molar-refractivity contribution in [2.75, 3.05) is 39.0 Å². The van der Waals surface area contributed by atoms with E-state index in [9.17, 15) is 9.59 Å². The van der Waals surface area contributed by atoms with Crippen LogP contribution in [-0.4, -0.2) is 60.7 Å². The summed E-state index contributed by atoms with van der Waals surface area (Å²) < 4.78 is 5.13. The molecule has 3 rings (SSSR count). The Bertz CT molecular complexity index is 799. The van der Waals surface area contributed by atoms with Gasteiger partial charge in [-0.15, -0.1) is 11.8 Å². The summed E-state index contributed by atoms with van der Waals surface area (Å²) in [6.07, 6.45) is 0. The second kappa shape index (κ2) is 8.95. The van der Waals surface area contributed by atoms with Gasteiger partial charge >= 0.3 is 0 Å². The average molecular weight is 385 g/mol. The second-order valence-corrected chi connectivity index (χ2v) is 7.47. The molecule has 27 heavy (non-hydrogen) atoms. The number of rotatable bonds is 5. The van der Waals surface area contributed by atoms with Crippen LogP contribution in [0.4, 0.5) is 0 Å². The van der Waals surface area contributed by atoms with Gasteiger partial charge in [0.15, 0.2) is 0 Å². The predicted octanol–water partition coefficient (Wildman–Crippen LogP) is 3.08. The first-order valence-corrected chi connectivity index (χ1v) is 9.96. The minimum absolute atomic E-state index is 0.000891. The van der Waals surface area contributed by atoms with Gasteiger partial charge in [0.25, 0.3) is 5.91 Å². The Kier molecular flexibility index (Phi) is 6.40. The van der Waals surface area contributed by atoms with Gasteiger partial charge in [-0.25, -0.2) is 0 Å². The maximum atomic E-state index is 12.6. The van der Waals surface area contributed by atoms with Crippen LogP contribution in [0.25, 0.3) is 0 Å². The summed E-state index contributed by atoms with van der Waals surface area (Å²) in [6.45, 7) is 4.33. The first-order chi connectivity index (χ1) is 13.1. The third-order valence-electron chi connectivity index (χ3n) is 4.70. The number of benzene rings is 2. The molecular weight excluding hydrogens is 360 g/mol. The van der Waals surface area contributed by atoms with Gasteiger partial charge < -0.3 is 14.5 Å². The fourth-order valence-electron chi connectivity index (χ4n) is 3.02. The van der Waals surface area contributed by atoms with Gasteiger partial charge in [-0.05, 0) is 42.8 Å². The first kappa shape index (κ1) is 19.3. The van der Waals surface area contributed by atoms with Gasteiger partial charge in [-0.2, -0.15) is 0 Å². The van der Waals surface area contributed by atoms with Crippen molar-refractivity contribution in [1.29, 1.82) is 0 Å². The lowest BCUT2D eigenvalue weighted by Gasteiger charge is -2.34. The standard InChI is InChI=1S/C21H24N2O3S/c1-16-5-3-4-6-19(16)27-15-20(24)22-11-13-23(14-12-22)21(25)17-7-9-18(26-2)10-8-17/h3-10H,11-15H2,1-2H3. The van der Waals surface area contributed by atoms with Crippen LogP contribution in [0, 0.1) is 6.92 Å². The highest BCUT2D eigenvalue weighted by Crippen LogP contribution is 2.22. The lowest BCUT2D eigenvalue weighted by molar-refractivity contribution is -0.129. The highest BCUT2D eigenvalue weighted by Gasteiger charge is 2.24. The molecule has 6 heteroatoms. The molecule has 0 radical (unpaired) electrons. The number of amides is 2. The average Bonchev–Trinajstić information content (AvgIpc) is 2.72. The van der Waals surface area contributed by atoms with Crippen LogP contribution in [0.2, 0.25) is 0 Å². The molecule has 142 valence electrons. The smallest absolute Gasteiger partial charge is 0.253 e. The Morgan fingerprint density at radius 2 is 1.59 bits per heavy atom. The molecule has 0 saturated carbocycles. The van der Waals surface area contributed by atoms with Crippen LogP contribution in [0.15, 0.2) is 53.4 Å². The SMILES string of the molecule is COc1ccc(C(=O)N2CCN(C(=O)CSc3ccccc3C)CC2)cc1. The van der Waals surface area contributed by atoms with Gasteiger partial charge in [0.05, 0.1) is 12.9 Å². The summed E-state index contributed by atoms with van der Waals surface area (Å²) in [4.78, 5) is 29.9. The topological polar surface area (TPSA) is 49.9 Å². The van der Waals surface area contributed by atoms with Crippen LogP contribution in [0.1, 0.15) is 15.9 Å². The van der Waals surface area contributed by atoms with E-state index in [0.29, 0.717) is 37.5 Å². The van der Waals surface area contributed by atoms with E-state index < -0.39 is 0 Å². The molecular formula is C21H24N2O3S. The van der Waals surface area contributed by atoms with Gasteiger partial charge in [0.1, 0.15) is 5.75 Å². The van der Waals surface area contributed by atoms with E-state index in [4.69, 9.17) is 4.74 Å². The quantitative estimate of drug-likeness (QED) is 0.744. The van der Waals surface area contributed by atoms with Gasteiger partial charge in [0, 0.05) is 36.6 Å². The molecule has 1 aliphatic rings. The molecule has 0 spiro atoms. The number of thioether (sulfide) groups is 1. The Morgan fingerprint density at radius 3 is 2.22 bits per heavy atom. The largest absolute Gasteiger partial charge is 0.497 e. The minimum atomic E-state index is -0.000891. The Morgan fingerprint density at radius 1 is 0.963 bits per heavy atom. The summed E-state index contributed by atoms with van der Waals surface area (Å²) in [5.74, 6) is 1.28. The molecule has 2 aromatic rings. The predicted molar refractivity (Wildman–Crippen MR) is 107 cm³/mol. The normalized spacial score (nSPS) is 14.1. The highest BCUT2D eigenvalue weighted by atomic mass is 32.2.